The summed E-state index contributed by atoms with van der Waals surface area (Å²) in [5.74, 6) is 6.42. The fourth-order valence-electron chi connectivity index (χ4n) is 4.05. The molecule has 4 heterocycles. The highest BCUT2D eigenvalue weighted by molar-refractivity contribution is 5.87. The lowest BCUT2D eigenvalue weighted by Gasteiger charge is -2.10. The van der Waals surface area contributed by atoms with Crippen LogP contribution in [0.1, 0.15) is 23.4 Å². The van der Waals surface area contributed by atoms with E-state index in [1.807, 2.05) is 18.2 Å². The van der Waals surface area contributed by atoms with Crippen LogP contribution in [-0.4, -0.2) is 20.8 Å². The number of halogens is 1. The van der Waals surface area contributed by atoms with Crippen LogP contribution >= 0.6 is 0 Å². The normalized spacial score (nSPS) is 13.7. The van der Waals surface area contributed by atoms with E-state index in [0.717, 1.165) is 54.4 Å². The summed E-state index contributed by atoms with van der Waals surface area (Å²) < 4.78 is 21.9. The van der Waals surface area contributed by atoms with Gasteiger partial charge in [0.1, 0.15) is 18.2 Å². The quantitative estimate of drug-likeness (QED) is 0.497. The molecular weight excluding hydrogens is 397 g/mol. The molecule has 1 aliphatic rings. The second-order valence-electron chi connectivity index (χ2n) is 7.60. The first-order valence-electron chi connectivity index (χ1n) is 10.2. The molecule has 31 heavy (non-hydrogen) atoms. The fraction of sp³-hybridized carbons (Fsp3) is 0.217. The van der Waals surface area contributed by atoms with E-state index >= 15 is 0 Å². The van der Waals surface area contributed by atoms with Crippen LogP contribution in [0.15, 0.2) is 59.7 Å². The number of pyridine rings is 2. The van der Waals surface area contributed by atoms with Gasteiger partial charge >= 0.3 is 0 Å². The van der Waals surface area contributed by atoms with Crippen LogP contribution in [0, 0.1) is 5.82 Å². The summed E-state index contributed by atoms with van der Waals surface area (Å²) >= 11 is 0. The first-order chi connectivity index (χ1) is 15.1. The Morgan fingerprint density at radius 2 is 2.10 bits per heavy atom. The number of nitrogens with zero attached hydrogens (tertiary/aromatic N) is 3. The van der Waals surface area contributed by atoms with Gasteiger partial charge in [0, 0.05) is 29.9 Å². The standard InChI is InChI=1S/C23H22FN5O2/c24-15-3-4-16(27-12-15)14-31-18-7-9-28(23(30)11-18)17-5-6-19-20-13-26-8-1-2-21(20)29(25)22(19)10-17/h3-7,9-12,26H,1-2,8,13-14,25H2. The van der Waals surface area contributed by atoms with Crippen molar-refractivity contribution < 1.29 is 9.13 Å². The van der Waals surface area contributed by atoms with Crippen LogP contribution in [0.25, 0.3) is 16.6 Å². The number of ether oxygens (including phenoxy) is 1. The molecule has 4 aromatic rings. The van der Waals surface area contributed by atoms with Crippen molar-refractivity contribution in [2.45, 2.75) is 26.0 Å². The van der Waals surface area contributed by atoms with E-state index in [9.17, 15) is 9.18 Å². The van der Waals surface area contributed by atoms with E-state index in [2.05, 4.69) is 10.3 Å². The number of hydrogen-bond donors (Lipinski definition) is 2. The zero-order valence-electron chi connectivity index (χ0n) is 16.8. The first kappa shape index (κ1) is 19.3. The maximum atomic E-state index is 13.0. The maximum absolute atomic E-state index is 13.0. The van der Waals surface area contributed by atoms with Gasteiger partial charge < -0.3 is 15.9 Å². The van der Waals surface area contributed by atoms with Crippen LogP contribution in [-0.2, 0) is 19.6 Å². The lowest BCUT2D eigenvalue weighted by molar-refractivity contribution is 0.300. The SMILES string of the molecule is Nn1c2c(c3ccc(-n4ccc(OCc5ccc(F)cn5)cc4=O)cc31)CNCCC2. The summed E-state index contributed by atoms with van der Waals surface area (Å²) in [6.07, 6.45) is 4.78. The molecule has 158 valence electrons. The third-order valence-corrected chi connectivity index (χ3v) is 5.62. The topological polar surface area (TPSA) is 87.1 Å². The molecule has 1 aliphatic heterocycles. The molecule has 0 saturated heterocycles. The molecule has 0 amide bonds. The highest BCUT2D eigenvalue weighted by atomic mass is 19.1. The van der Waals surface area contributed by atoms with E-state index in [-0.39, 0.29) is 12.2 Å². The van der Waals surface area contributed by atoms with Gasteiger partial charge in [-0.3, -0.25) is 19.0 Å². The number of rotatable bonds is 4. The van der Waals surface area contributed by atoms with Gasteiger partial charge in [-0.15, -0.1) is 0 Å². The molecule has 0 unspecified atom stereocenters. The monoisotopic (exact) mass is 419 g/mol. The smallest absolute Gasteiger partial charge is 0.258 e. The Morgan fingerprint density at radius 3 is 2.90 bits per heavy atom. The third kappa shape index (κ3) is 3.66. The summed E-state index contributed by atoms with van der Waals surface area (Å²) in [6, 6.07) is 11.9. The van der Waals surface area contributed by atoms with Crippen LogP contribution in [0.3, 0.4) is 0 Å². The van der Waals surface area contributed by atoms with Crippen molar-refractivity contribution in [2.24, 2.45) is 0 Å². The Labute approximate surface area is 177 Å². The van der Waals surface area contributed by atoms with Crippen LogP contribution in [0.4, 0.5) is 4.39 Å². The first-order valence-corrected chi connectivity index (χ1v) is 10.2. The zero-order chi connectivity index (χ0) is 21.4. The molecular formula is C23H22FN5O2. The molecule has 3 aromatic heterocycles. The Balaban J connectivity index is 1.42. The zero-order valence-corrected chi connectivity index (χ0v) is 16.8. The lowest BCUT2D eigenvalue weighted by atomic mass is 10.1. The predicted octanol–water partition coefficient (Wildman–Crippen LogP) is 2.65. The van der Waals surface area contributed by atoms with Gasteiger partial charge in [-0.1, -0.05) is 6.07 Å². The number of nitrogen functional groups attached to an aromatic ring is 1. The average Bonchev–Trinajstić information content (AvgIpc) is 2.93. The molecule has 3 N–H and O–H groups in total. The highest BCUT2D eigenvalue weighted by Gasteiger charge is 2.18. The van der Waals surface area contributed by atoms with Crippen molar-refractivity contribution in [2.75, 3.05) is 12.4 Å². The summed E-state index contributed by atoms with van der Waals surface area (Å²) in [6.45, 7) is 1.93. The van der Waals surface area contributed by atoms with Crippen molar-refractivity contribution in [1.82, 2.24) is 19.5 Å². The minimum absolute atomic E-state index is 0.149. The minimum Gasteiger partial charge on any atom is -0.487 e. The Hall–Kier alpha value is -3.65. The molecule has 5 rings (SSSR count). The lowest BCUT2D eigenvalue weighted by Crippen LogP contribution is -2.17. The van der Waals surface area contributed by atoms with Gasteiger partial charge in [0.05, 0.1) is 23.1 Å². The summed E-state index contributed by atoms with van der Waals surface area (Å²) in [5.41, 5.74) is 4.36. The van der Waals surface area contributed by atoms with E-state index < -0.39 is 5.82 Å². The molecule has 0 fully saturated rings. The van der Waals surface area contributed by atoms with Gasteiger partial charge in [0.25, 0.3) is 5.56 Å². The Morgan fingerprint density at radius 1 is 1.19 bits per heavy atom. The average molecular weight is 419 g/mol. The van der Waals surface area contributed by atoms with Gasteiger partial charge in [0.2, 0.25) is 0 Å². The van der Waals surface area contributed by atoms with Gasteiger partial charge in [-0.25, -0.2) is 4.39 Å². The Kier molecular flexibility index (Phi) is 4.91. The summed E-state index contributed by atoms with van der Waals surface area (Å²) in [7, 11) is 0. The number of nitrogens with one attached hydrogen (secondary N) is 1. The number of nitrogens with two attached hydrogens (primary N) is 1. The molecule has 0 atom stereocenters. The predicted molar refractivity (Wildman–Crippen MR) is 116 cm³/mol. The van der Waals surface area contributed by atoms with Gasteiger partial charge in [-0.2, -0.15) is 0 Å². The Bertz CT molecular complexity index is 1310. The van der Waals surface area contributed by atoms with Crippen LogP contribution in [0.2, 0.25) is 0 Å². The van der Waals surface area contributed by atoms with Crippen molar-refractivity contribution in [3.63, 3.8) is 0 Å². The molecule has 7 nitrogen and oxygen atoms in total. The molecule has 0 saturated carbocycles. The maximum Gasteiger partial charge on any atom is 0.258 e. The number of benzene rings is 1. The van der Waals surface area contributed by atoms with Crippen molar-refractivity contribution in [1.29, 1.82) is 0 Å². The minimum atomic E-state index is -0.403. The summed E-state index contributed by atoms with van der Waals surface area (Å²) in [5, 5.41) is 4.54. The molecule has 1 aromatic carbocycles. The second kappa shape index (κ2) is 7.88. The van der Waals surface area contributed by atoms with Crippen molar-refractivity contribution in [3.8, 4) is 11.4 Å². The second-order valence-corrected chi connectivity index (χ2v) is 7.60. The van der Waals surface area contributed by atoms with Crippen molar-refractivity contribution >= 4 is 10.9 Å². The largest absolute Gasteiger partial charge is 0.487 e. The molecule has 0 spiro atoms. The number of aromatic nitrogens is 3. The molecule has 0 radical (unpaired) electrons. The molecule has 0 bridgehead atoms. The third-order valence-electron chi connectivity index (χ3n) is 5.62. The van der Waals surface area contributed by atoms with Crippen LogP contribution < -0.4 is 21.5 Å². The number of fused-ring (bicyclic) bond motifs is 3. The van der Waals surface area contributed by atoms with Crippen LogP contribution in [0.5, 0.6) is 5.75 Å². The molecule has 8 heteroatoms. The highest BCUT2D eigenvalue weighted by Crippen LogP contribution is 2.28. The van der Waals surface area contributed by atoms with E-state index in [0.29, 0.717) is 11.4 Å². The fourth-order valence-corrected chi connectivity index (χ4v) is 4.05. The van der Waals surface area contributed by atoms with E-state index in [1.165, 1.54) is 17.7 Å². The summed E-state index contributed by atoms with van der Waals surface area (Å²) in [4.78, 5) is 16.7. The van der Waals surface area contributed by atoms with Crippen molar-refractivity contribution in [3.05, 3.63) is 88.0 Å². The number of hydrogen-bond acceptors (Lipinski definition) is 5. The van der Waals surface area contributed by atoms with Gasteiger partial charge in [0.15, 0.2) is 0 Å². The molecule has 0 aliphatic carbocycles. The van der Waals surface area contributed by atoms with Gasteiger partial charge in [-0.05, 0) is 55.3 Å². The van der Waals surface area contributed by atoms with E-state index in [1.54, 1.807) is 27.6 Å². The van der Waals surface area contributed by atoms with E-state index in [4.69, 9.17) is 10.6 Å².